The van der Waals surface area contributed by atoms with Crippen molar-refractivity contribution in [3.8, 4) is 17.1 Å². The number of methoxy groups -OCH3 is 1. The number of benzene rings is 1. The molecular weight excluding hydrogens is 239 g/mol. The molecule has 0 amide bonds. The fourth-order valence-corrected chi connectivity index (χ4v) is 1.52. The summed E-state index contributed by atoms with van der Waals surface area (Å²) in [6.07, 6.45) is 0. The van der Waals surface area contributed by atoms with Gasteiger partial charge in [-0.2, -0.15) is 0 Å². The molecule has 1 aromatic heterocycles. The Labute approximate surface area is 102 Å². The Morgan fingerprint density at radius 3 is 2.44 bits per heavy atom. The average Bonchev–Trinajstić information content (AvgIpc) is 2.38. The third-order valence-electron chi connectivity index (χ3n) is 2.37. The van der Waals surface area contributed by atoms with Crippen LogP contribution in [0.25, 0.3) is 11.3 Å². The average molecular weight is 248 g/mol. The van der Waals surface area contributed by atoms with Gasteiger partial charge in [0.1, 0.15) is 5.82 Å². The molecule has 0 saturated carbocycles. The number of hydrogen-bond donors (Lipinski definition) is 0. The maximum absolute atomic E-state index is 12.8. The van der Waals surface area contributed by atoms with E-state index in [-0.39, 0.29) is 17.3 Å². The summed E-state index contributed by atoms with van der Waals surface area (Å²) in [6, 6.07) is 8.03. The van der Waals surface area contributed by atoms with Crippen molar-refractivity contribution in [3.63, 3.8) is 0 Å². The van der Waals surface area contributed by atoms with Gasteiger partial charge in [0.05, 0.1) is 12.0 Å². The Bertz CT molecular complexity index is 584. The number of pyridine rings is 1. The van der Waals surface area contributed by atoms with Gasteiger partial charge in [-0.1, -0.05) is 0 Å². The van der Waals surface area contributed by atoms with Crippen LogP contribution < -0.4 is 4.74 Å². The van der Waals surface area contributed by atoms with Crippen molar-refractivity contribution in [1.82, 2.24) is 4.98 Å². The summed E-state index contributed by atoms with van der Waals surface area (Å²) >= 11 is 0. The summed E-state index contributed by atoms with van der Waals surface area (Å²) in [7, 11) is 1.42. The third-order valence-corrected chi connectivity index (χ3v) is 2.37. The van der Waals surface area contributed by atoms with Crippen molar-refractivity contribution < 1.29 is 14.1 Å². The molecule has 0 radical (unpaired) electrons. The van der Waals surface area contributed by atoms with Gasteiger partial charge in [0, 0.05) is 17.7 Å². The minimum atomic E-state index is -0.537. The van der Waals surface area contributed by atoms with Crippen LogP contribution in [-0.4, -0.2) is 17.0 Å². The Kier molecular flexibility index (Phi) is 3.18. The molecule has 1 heterocycles. The van der Waals surface area contributed by atoms with Gasteiger partial charge in [-0.15, -0.1) is 0 Å². The quantitative estimate of drug-likeness (QED) is 0.618. The van der Waals surface area contributed by atoms with Crippen molar-refractivity contribution in [1.29, 1.82) is 0 Å². The smallest absolute Gasteiger partial charge is 0.295 e. The molecule has 0 fully saturated rings. The van der Waals surface area contributed by atoms with E-state index in [1.807, 2.05) is 0 Å². The number of nitrogens with zero attached hydrogens (tertiary/aromatic N) is 2. The van der Waals surface area contributed by atoms with Crippen LogP contribution in [0.4, 0.5) is 10.1 Å². The highest BCUT2D eigenvalue weighted by atomic mass is 19.1. The lowest BCUT2D eigenvalue weighted by Crippen LogP contribution is -1.97. The maximum atomic E-state index is 12.8. The van der Waals surface area contributed by atoms with Crippen LogP contribution in [0.1, 0.15) is 0 Å². The Morgan fingerprint density at radius 1 is 1.22 bits per heavy atom. The second-order valence-corrected chi connectivity index (χ2v) is 3.49. The highest BCUT2D eigenvalue weighted by Crippen LogP contribution is 2.29. The molecule has 2 rings (SSSR count). The van der Waals surface area contributed by atoms with E-state index >= 15 is 0 Å². The Balaban J connectivity index is 2.59. The first-order valence-electron chi connectivity index (χ1n) is 5.07. The lowest BCUT2D eigenvalue weighted by molar-refractivity contribution is -0.384. The van der Waals surface area contributed by atoms with E-state index in [9.17, 15) is 14.5 Å². The minimum absolute atomic E-state index is 0.151. The molecule has 5 nitrogen and oxygen atoms in total. The number of hydrogen-bond acceptors (Lipinski definition) is 4. The molecule has 0 bridgehead atoms. The number of rotatable bonds is 3. The lowest BCUT2D eigenvalue weighted by Gasteiger charge is -2.04. The summed E-state index contributed by atoms with van der Waals surface area (Å²) < 4.78 is 17.8. The van der Waals surface area contributed by atoms with Crippen molar-refractivity contribution in [2.45, 2.75) is 0 Å². The van der Waals surface area contributed by atoms with Crippen molar-refractivity contribution in [3.05, 3.63) is 52.3 Å². The van der Waals surface area contributed by atoms with Gasteiger partial charge in [-0.3, -0.25) is 10.1 Å². The molecule has 0 aliphatic carbocycles. The van der Waals surface area contributed by atoms with Crippen LogP contribution in [0.2, 0.25) is 0 Å². The molecule has 92 valence electrons. The Hall–Kier alpha value is -2.50. The van der Waals surface area contributed by atoms with Crippen LogP contribution in [0.3, 0.4) is 0 Å². The molecule has 6 heteroatoms. The number of ether oxygens (including phenoxy) is 1. The maximum Gasteiger partial charge on any atom is 0.295 e. The van der Waals surface area contributed by atoms with E-state index in [1.54, 1.807) is 0 Å². The molecule has 0 N–H and O–H groups in total. The third kappa shape index (κ3) is 2.27. The van der Waals surface area contributed by atoms with Crippen LogP contribution in [0.5, 0.6) is 5.88 Å². The van der Waals surface area contributed by atoms with Crippen LogP contribution >= 0.6 is 0 Å². The normalized spacial score (nSPS) is 10.1. The summed E-state index contributed by atoms with van der Waals surface area (Å²) in [5.74, 6) is -0.149. The predicted octanol–water partition coefficient (Wildman–Crippen LogP) is 2.80. The highest BCUT2D eigenvalue weighted by Gasteiger charge is 2.17. The zero-order valence-corrected chi connectivity index (χ0v) is 9.46. The number of nitro groups is 1. The van der Waals surface area contributed by atoms with Crippen LogP contribution in [0.15, 0.2) is 36.4 Å². The van der Waals surface area contributed by atoms with E-state index in [0.717, 1.165) is 0 Å². The van der Waals surface area contributed by atoms with E-state index in [1.165, 1.54) is 43.5 Å². The largest absolute Gasteiger partial charge is 0.481 e. The topological polar surface area (TPSA) is 65.3 Å². The van der Waals surface area contributed by atoms with Gasteiger partial charge in [-0.05, 0) is 24.3 Å². The molecular formula is C12H9FN2O3. The van der Waals surface area contributed by atoms with Crippen molar-refractivity contribution >= 4 is 5.69 Å². The van der Waals surface area contributed by atoms with Gasteiger partial charge in [0.25, 0.3) is 5.69 Å². The minimum Gasteiger partial charge on any atom is -0.481 e. The van der Waals surface area contributed by atoms with E-state index in [4.69, 9.17) is 4.74 Å². The first-order valence-corrected chi connectivity index (χ1v) is 5.07. The molecule has 0 spiro atoms. The fraction of sp³-hybridized carbons (Fsp3) is 0.0833. The second-order valence-electron chi connectivity index (χ2n) is 3.49. The summed E-state index contributed by atoms with van der Waals surface area (Å²) in [5.41, 5.74) is 0.462. The molecule has 0 saturated heterocycles. The van der Waals surface area contributed by atoms with Gasteiger partial charge in [0.15, 0.2) is 5.69 Å². The summed E-state index contributed by atoms with van der Waals surface area (Å²) in [5, 5.41) is 10.9. The van der Waals surface area contributed by atoms with E-state index < -0.39 is 10.7 Å². The SMILES string of the molecule is COc1ccc([N+](=O)[O-])c(-c2ccc(F)cc2)n1. The van der Waals surface area contributed by atoms with Gasteiger partial charge in [-0.25, -0.2) is 9.37 Å². The molecule has 0 aliphatic heterocycles. The molecule has 0 unspecified atom stereocenters. The molecule has 18 heavy (non-hydrogen) atoms. The standard InChI is InChI=1S/C12H9FN2O3/c1-18-11-7-6-10(15(16)17)12(14-11)8-2-4-9(13)5-3-8/h2-7H,1H3. The fourth-order valence-electron chi connectivity index (χ4n) is 1.52. The highest BCUT2D eigenvalue weighted by molar-refractivity contribution is 5.69. The van der Waals surface area contributed by atoms with E-state index in [2.05, 4.69) is 4.98 Å². The first kappa shape index (κ1) is 12.0. The van der Waals surface area contributed by atoms with Crippen molar-refractivity contribution in [2.75, 3.05) is 7.11 Å². The number of aromatic nitrogens is 1. The second kappa shape index (κ2) is 4.79. The number of halogens is 1. The predicted molar refractivity (Wildman–Crippen MR) is 62.8 cm³/mol. The lowest BCUT2D eigenvalue weighted by atomic mass is 10.1. The van der Waals surface area contributed by atoms with Crippen LogP contribution in [0, 0.1) is 15.9 Å². The van der Waals surface area contributed by atoms with Crippen LogP contribution in [-0.2, 0) is 0 Å². The summed E-state index contributed by atoms with van der Waals surface area (Å²) in [6.45, 7) is 0. The van der Waals surface area contributed by atoms with Crippen molar-refractivity contribution in [2.24, 2.45) is 0 Å². The molecule has 0 atom stereocenters. The first-order chi connectivity index (χ1) is 8.61. The monoisotopic (exact) mass is 248 g/mol. The van der Waals surface area contributed by atoms with E-state index in [0.29, 0.717) is 5.56 Å². The zero-order chi connectivity index (χ0) is 13.1. The molecule has 2 aromatic rings. The molecule has 1 aromatic carbocycles. The van der Waals surface area contributed by atoms with Gasteiger partial charge < -0.3 is 4.74 Å². The van der Waals surface area contributed by atoms with Gasteiger partial charge >= 0.3 is 0 Å². The summed E-state index contributed by atoms with van der Waals surface area (Å²) in [4.78, 5) is 14.4. The Morgan fingerprint density at radius 2 is 1.89 bits per heavy atom. The van der Waals surface area contributed by atoms with Gasteiger partial charge in [0.2, 0.25) is 5.88 Å². The zero-order valence-electron chi connectivity index (χ0n) is 9.46. The molecule has 0 aliphatic rings.